The van der Waals surface area contributed by atoms with E-state index in [4.69, 9.17) is 0 Å². The molecule has 0 spiro atoms. The van der Waals surface area contributed by atoms with E-state index in [0.717, 1.165) is 22.4 Å². The SMILES string of the molecule is Cc1sc(C(=O)N[C@@H]2CCC[C@@H]2C(=O)O)cc1-c1ccc(F)cc1. The highest BCUT2D eigenvalue weighted by Crippen LogP contribution is 2.32. The Labute approximate surface area is 143 Å². The molecule has 1 aromatic carbocycles. The van der Waals surface area contributed by atoms with Crippen LogP contribution in [0.3, 0.4) is 0 Å². The van der Waals surface area contributed by atoms with Crippen molar-refractivity contribution in [3.05, 3.63) is 45.9 Å². The van der Waals surface area contributed by atoms with Crippen LogP contribution in [0.25, 0.3) is 11.1 Å². The lowest BCUT2D eigenvalue weighted by atomic mass is 10.0. The van der Waals surface area contributed by atoms with E-state index in [1.807, 2.05) is 6.92 Å². The molecular weight excluding hydrogens is 329 g/mol. The zero-order valence-corrected chi connectivity index (χ0v) is 14.0. The van der Waals surface area contributed by atoms with Gasteiger partial charge in [-0.3, -0.25) is 9.59 Å². The molecule has 0 saturated heterocycles. The van der Waals surface area contributed by atoms with Crippen LogP contribution in [-0.4, -0.2) is 23.0 Å². The van der Waals surface area contributed by atoms with Crippen molar-refractivity contribution in [2.45, 2.75) is 32.2 Å². The maximum absolute atomic E-state index is 13.1. The minimum atomic E-state index is -0.854. The Balaban J connectivity index is 1.78. The first kappa shape index (κ1) is 16.6. The van der Waals surface area contributed by atoms with Gasteiger partial charge in [0.05, 0.1) is 10.8 Å². The first-order chi connectivity index (χ1) is 11.5. The first-order valence-corrected chi connectivity index (χ1v) is 8.67. The number of halogens is 1. The number of aliphatic carboxylic acids is 1. The van der Waals surface area contributed by atoms with Crippen molar-refractivity contribution in [3.8, 4) is 11.1 Å². The highest BCUT2D eigenvalue weighted by atomic mass is 32.1. The Morgan fingerprint density at radius 3 is 2.62 bits per heavy atom. The molecule has 24 heavy (non-hydrogen) atoms. The Morgan fingerprint density at radius 1 is 1.25 bits per heavy atom. The molecule has 0 unspecified atom stereocenters. The number of thiophene rings is 1. The zero-order valence-electron chi connectivity index (χ0n) is 13.2. The molecule has 4 nitrogen and oxygen atoms in total. The number of amides is 1. The Bertz CT molecular complexity index is 769. The van der Waals surface area contributed by atoms with E-state index in [-0.39, 0.29) is 17.8 Å². The van der Waals surface area contributed by atoms with Gasteiger partial charge in [0.1, 0.15) is 5.82 Å². The van der Waals surface area contributed by atoms with Crippen LogP contribution in [0.4, 0.5) is 4.39 Å². The molecule has 0 radical (unpaired) electrons. The van der Waals surface area contributed by atoms with Crippen LogP contribution >= 0.6 is 11.3 Å². The van der Waals surface area contributed by atoms with Crippen molar-refractivity contribution < 1.29 is 19.1 Å². The lowest BCUT2D eigenvalue weighted by Crippen LogP contribution is -2.39. The maximum Gasteiger partial charge on any atom is 0.308 e. The summed E-state index contributed by atoms with van der Waals surface area (Å²) < 4.78 is 13.1. The smallest absolute Gasteiger partial charge is 0.308 e. The highest BCUT2D eigenvalue weighted by Gasteiger charge is 2.34. The summed E-state index contributed by atoms with van der Waals surface area (Å²) in [7, 11) is 0. The van der Waals surface area contributed by atoms with Gasteiger partial charge in [0.2, 0.25) is 0 Å². The molecular formula is C18H18FNO3S. The van der Waals surface area contributed by atoms with E-state index in [0.29, 0.717) is 17.7 Å². The van der Waals surface area contributed by atoms with Gasteiger partial charge in [-0.15, -0.1) is 11.3 Å². The average Bonchev–Trinajstić information content (AvgIpc) is 3.15. The highest BCUT2D eigenvalue weighted by molar-refractivity contribution is 7.14. The minimum Gasteiger partial charge on any atom is -0.481 e. The molecule has 1 amide bonds. The number of rotatable bonds is 4. The molecule has 126 valence electrons. The van der Waals surface area contributed by atoms with Crippen LogP contribution in [0.5, 0.6) is 0 Å². The van der Waals surface area contributed by atoms with E-state index in [1.165, 1.54) is 23.5 Å². The third kappa shape index (κ3) is 3.33. The summed E-state index contributed by atoms with van der Waals surface area (Å²) in [5.74, 6) is -1.90. The number of benzene rings is 1. The van der Waals surface area contributed by atoms with E-state index in [1.54, 1.807) is 18.2 Å². The lowest BCUT2D eigenvalue weighted by Gasteiger charge is -2.16. The van der Waals surface area contributed by atoms with Crippen molar-refractivity contribution in [1.29, 1.82) is 0 Å². The predicted molar refractivity (Wildman–Crippen MR) is 90.7 cm³/mol. The molecule has 1 aliphatic carbocycles. The standard InChI is InChI=1S/C18H18FNO3S/c1-10-14(11-5-7-12(19)8-6-11)9-16(24-10)17(21)20-15-4-2-3-13(15)18(22)23/h5-9,13,15H,2-4H2,1H3,(H,20,21)(H,22,23)/t13-,15+/m0/s1. The summed E-state index contributed by atoms with van der Waals surface area (Å²) in [6.07, 6.45) is 2.11. The summed E-state index contributed by atoms with van der Waals surface area (Å²) in [5.41, 5.74) is 1.75. The van der Waals surface area contributed by atoms with E-state index >= 15 is 0 Å². The number of carboxylic acid groups (broad SMARTS) is 1. The zero-order chi connectivity index (χ0) is 17.3. The third-order valence-electron chi connectivity index (χ3n) is 4.45. The van der Waals surface area contributed by atoms with Crippen molar-refractivity contribution in [2.75, 3.05) is 0 Å². The molecule has 3 rings (SSSR count). The fourth-order valence-corrected chi connectivity index (χ4v) is 4.12. The minimum absolute atomic E-state index is 0.241. The molecule has 6 heteroatoms. The number of hydrogen-bond acceptors (Lipinski definition) is 3. The van der Waals surface area contributed by atoms with Gasteiger partial charge in [0.15, 0.2) is 0 Å². The number of nitrogens with one attached hydrogen (secondary N) is 1. The topological polar surface area (TPSA) is 66.4 Å². The van der Waals surface area contributed by atoms with Gasteiger partial charge in [0.25, 0.3) is 5.91 Å². The monoisotopic (exact) mass is 347 g/mol. The van der Waals surface area contributed by atoms with Gasteiger partial charge in [-0.25, -0.2) is 4.39 Å². The van der Waals surface area contributed by atoms with Gasteiger partial charge < -0.3 is 10.4 Å². The van der Waals surface area contributed by atoms with Crippen molar-refractivity contribution in [2.24, 2.45) is 5.92 Å². The molecule has 1 aromatic heterocycles. The number of carboxylic acids is 1. The Morgan fingerprint density at radius 2 is 1.96 bits per heavy atom. The van der Waals surface area contributed by atoms with Gasteiger partial charge in [-0.05, 0) is 49.1 Å². The third-order valence-corrected chi connectivity index (χ3v) is 5.50. The molecule has 0 bridgehead atoms. The van der Waals surface area contributed by atoms with Gasteiger partial charge in [-0.2, -0.15) is 0 Å². The van der Waals surface area contributed by atoms with Crippen LogP contribution < -0.4 is 5.32 Å². The van der Waals surface area contributed by atoms with Crippen LogP contribution in [-0.2, 0) is 4.79 Å². The summed E-state index contributed by atoms with van der Waals surface area (Å²) >= 11 is 1.36. The molecule has 1 heterocycles. The number of carbonyl (C=O) groups excluding carboxylic acids is 1. The van der Waals surface area contributed by atoms with E-state index in [9.17, 15) is 19.1 Å². The number of hydrogen-bond donors (Lipinski definition) is 2. The van der Waals surface area contributed by atoms with Crippen LogP contribution in [0.2, 0.25) is 0 Å². The second kappa shape index (κ2) is 6.73. The van der Waals surface area contributed by atoms with Crippen molar-refractivity contribution in [1.82, 2.24) is 5.32 Å². The summed E-state index contributed by atoms with van der Waals surface area (Å²) in [6.45, 7) is 1.91. The van der Waals surface area contributed by atoms with Crippen LogP contribution in [0, 0.1) is 18.7 Å². The van der Waals surface area contributed by atoms with Gasteiger partial charge >= 0.3 is 5.97 Å². The normalized spacial score (nSPS) is 20.1. The summed E-state index contributed by atoms with van der Waals surface area (Å²) in [5, 5.41) is 12.1. The molecule has 0 aliphatic heterocycles. The second-order valence-corrected chi connectivity index (χ2v) is 7.30. The fourth-order valence-electron chi connectivity index (χ4n) is 3.18. The predicted octanol–water partition coefficient (Wildman–Crippen LogP) is 3.85. The summed E-state index contributed by atoms with van der Waals surface area (Å²) in [6, 6.07) is 7.62. The molecule has 2 N–H and O–H groups in total. The Hall–Kier alpha value is -2.21. The van der Waals surface area contributed by atoms with E-state index < -0.39 is 11.9 Å². The van der Waals surface area contributed by atoms with Gasteiger partial charge in [-0.1, -0.05) is 18.6 Å². The van der Waals surface area contributed by atoms with Crippen LogP contribution in [0.1, 0.15) is 33.8 Å². The molecule has 1 aliphatic rings. The lowest BCUT2D eigenvalue weighted by molar-refractivity contribution is -0.142. The molecule has 1 saturated carbocycles. The largest absolute Gasteiger partial charge is 0.481 e. The first-order valence-electron chi connectivity index (χ1n) is 7.85. The average molecular weight is 347 g/mol. The van der Waals surface area contributed by atoms with Crippen molar-refractivity contribution in [3.63, 3.8) is 0 Å². The van der Waals surface area contributed by atoms with Gasteiger partial charge in [0, 0.05) is 10.9 Å². The molecule has 2 aromatic rings. The second-order valence-electron chi connectivity index (χ2n) is 6.04. The van der Waals surface area contributed by atoms with Crippen LogP contribution in [0.15, 0.2) is 30.3 Å². The molecule has 2 atom stereocenters. The fraction of sp³-hybridized carbons (Fsp3) is 0.333. The Kier molecular flexibility index (Phi) is 4.66. The molecule has 1 fully saturated rings. The van der Waals surface area contributed by atoms with E-state index in [2.05, 4.69) is 5.32 Å². The maximum atomic E-state index is 13.1. The summed E-state index contributed by atoms with van der Waals surface area (Å²) in [4.78, 5) is 25.2. The number of aryl methyl sites for hydroxylation is 1. The van der Waals surface area contributed by atoms with Crippen molar-refractivity contribution >= 4 is 23.2 Å². The number of carbonyl (C=O) groups is 2. The quantitative estimate of drug-likeness (QED) is 0.883.